The van der Waals surface area contributed by atoms with E-state index in [-0.39, 0.29) is 0 Å². The maximum atomic E-state index is 2.53. The highest BCUT2D eigenvalue weighted by atomic mass is 14.5. The highest BCUT2D eigenvalue weighted by molar-refractivity contribution is 5.77. The lowest BCUT2D eigenvalue weighted by atomic mass is 9.75. The molecule has 0 atom stereocenters. The maximum absolute atomic E-state index is 2.53. The third kappa shape index (κ3) is 1.05. The number of allylic oxidation sites excluding steroid dienone is 2. The Labute approximate surface area is 97.4 Å². The van der Waals surface area contributed by atoms with Gasteiger partial charge >= 0.3 is 0 Å². The van der Waals surface area contributed by atoms with Crippen LogP contribution in [0.25, 0.3) is 5.57 Å². The molecule has 2 fully saturated rings. The molecule has 0 radical (unpaired) electrons. The number of rotatable bonds is 1. The molecule has 0 amide bonds. The molecule has 1 aromatic rings. The third-order valence-electron chi connectivity index (χ3n) is 5.15. The molecule has 4 rings (SSSR count). The fourth-order valence-corrected chi connectivity index (χ4v) is 4.36. The number of fused-ring (bicyclic) bond motifs is 3. The molecule has 0 aliphatic heterocycles. The summed E-state index contributed by atoms with van der Waals surface area (Å²) in [4.78, 5) is 0. The van der Waals surface area contributed by atoms with E-state index in [1.54, 1.807) is 16.7 Å². The van der Waals surface area contributed by atoms with Gasteiger partial charge in [0.1, 0.15) is 0 Å². The highest BCUT2D eigenvalue weighted by Crippen LogP contribution is 2.61. The zero-order valence-electron chi connectivity index (χ0n) is 9.71. The van der Waals surface area contributed by atoms with E-state index in [0.717, 1.165) is 5.92 Å². The van der Waals surface area contributed by atoms with Gasteiger partial charge in [-0.2, -0.15) is 0 Å². The van der Waals surface area contributed by atoms with Crippen LogP contribution in [0.4, 0.5) is 0 Å². The standard InChI is InChI=1S/C16H18/c1-2-4-14-13(3-1)5-6-15(14)16-9-7-12(11-16)8-10-16/h1-4,6,12H,5,7-11H2. The lowest BCUT2D eigenvalue weighted by molar-refractivity contribution is 0.399. The van der Waals surface area contributed by atoms with Gasteiger partial charge in [0.2, 0.25) is 0 Å². The van der Waals surface area contributed by atoms with Crippen molar-refractivity contribution in [2.24, 2.45) is 11.3 Å². The Hall–Kier alpha value is -1.04. The molecule has 2 bridgehead atoms. The van der Waals surface area contributed by atoms with E-state index >= 15 is 0 Å². The Balaban J connectivity index is 1.80. The predicted octanol–water partition coefficient (Wildman–Crippen LogP) is 4.21. The van der Waals surface area contributed by atoms with Crippen LogP contribution in [0.2, 0.25) is 0 Å². The molecule has 0 heteroatoms. The first-order chi connectivity index (χ1) is 7.87. The zero-order valence-corrected chi connectivity index (χ0v) is 9.71. The third-order valence-corrected chi connectivity index (χ3v) is 5.15. The predicted molar refractivity (Wildman–Crippen MR) is 67.1 cm³/mol. The first-order valence-corrected chi connectivity index (χ1v) is 6.66. The van der Waals surface area contributed by atoms with Crippen LogP contribution >= 0.6 is 0 Å². The second-order valence-electron chi connectivity index (χ2n) is 5.91. The fourth-order valence-electron chi connectivity index (χ4n) is 4.36. The molecular weight excluding hydrogens is 192 g/mol. The molecule has 3 aliphatic rings. The summed E-state index contributed by atoms with van der Waals surface area (Å²) in [5.74, 6) is 1.05. The fraction of sp³-hybridized carbons (Fsp3) is 0.500. The van der Waals surface area contributed by atoms with Crippen LogP contribution in [0.1, 0.15) is 43.2 Å². The number of hydrogen-bond acceptors (Lipinski definition) is 0. The Kier molecular flexibility index (Phi) is 1.69. The largest absolute Gasteiger partial charge is 0.0757 e. The second kappa shape index (κ2) is 3.00. The van der Waals surface area contributed by atoms with Gasteiger partial charge in [-0.15, -0.1) is 0 Å². The van der Waals surface area contributed by atoms with Gasteiger partial charge in [0.15, 0.2) is 0 Å². The molecule has 0 N–H and O–H groups in total. The van der Waals surface area contributed by atoms with Crippen LogP contribution < -0.4 is 0 Å². The van der Waals surface area contributed by atoms with Crippen molar-refractivity contribution in [3.8, 4) is 0 Å². The van der Waals surface area contributed by atoms with Crippen molar-refractivity contribution in [3.63, 3.8) is 0 Å². The molecule has 1 aromatic carbocycles. The van der Waals surface area contributed by atoms with Crippen LogP contribution in [0.5, 0.6) is 0 Å². The Morgan fingerprint density at radius 2 is 1.88 bits per heavy atom. The first-order valence-electron chi connectivity index (χ1n) is 6.66. The monoisotopic (exact) mass is 210 g/mol. The van der Waals surface area contributed by atoms with Crippen molar-refractivity contribution in [1.29, 1.82) is 0 Å². The molecule has 0 saturated heterocycles. The van der Waals surface area contributed by atoms with E-state index in [4.69, 9.17) is 0 Å². The topological polar surface area (TPSA) is 0 Å². The molecule has 82 valence electrons. The number of hydrogen-bond donors (Lipinski definition) is 0. The summed E-state index contributed by atoms with van der Waals surface area (Å²) in [5.41, 5.74) is 5.44. The van der Waals surface area contributed by atoms with Crippen molar-refractivity contribution in [3.05, 3.63) is 41.5 Å². The van der Waals surface area contributed by atoms with E-state index in [1.807, 2.05) is 0 Å². The molecule has 0 heterocycles. The zero-order chi connectivity index (χ0) is 10.6. The summed E-state index contributed by atoms with van der Waals surface area (Å²) >= 11 is 0. The van der Waals surface area contributed by atoms with Crippen LogP contribution in [0.15, 0.2) is 30.3 Å². The van der Waals surface area contributed by atoms with E-state index in [1.165, 1.54) is 38.5 Å². The lowest BCUT2D eigenvalue weighted by Gasteiger charge is -2.29. The van der Waals surface area contributed by atoms with Crippen LogP contribution in [0.3, 0.4) is 0 Å². The minimum atomic E-state index is 0.595. The second-order valence-corrected chi connectivity index (χ2v) is 5.91. The van der Waals surface area contributed by atoms with Crippen molar-refractivity contribution in [2.75, 3.05) is 0 Å². The molecule has 0 aromatic heterocycles. The summed E-state index contributed by atoms with van der Waals surface area (Å²) in [6, 6.07) is 9.03. The summed E-state index contributed by atoms with van der Waals surface area (Å²) < 4.78 is 0. The van der Waals surface area contributed by atoms with E-state index in [0.29, 0.717) is 5.41 Å². The summed E-state index contributed by atoms with van der Waals surface area (Å²) in [5, 5.41) is 0. The molecule has 3 aliphatic carbocycles. The van der Waals surface area contributed by atoms with Crippen LogP contribution in [0, 0.1) is 11.3 Å². The molecule has 0 nitrogen and oxygen atoms in total. The average molecular weight is 210 g/mol. The SMILES string of the molecule is C1=C(C23CCC(CC2)C3)c2ccccc2C1. The number of benzene rings is 1. The minimum absolute atomic E-state index is 0.595. The first kappa shape index (κ1) is 9.04. The van der Waals surface area contributed by atoms with E-state index in [2.05, 4.69) is 30.3 Å². The minimum Gasteiger partial charge on any atom is -0.0757 e. The Morgan fingerprint density at radius 1 is 1.06 bits per heavy atom. The smallest absolute Gasteiger partial charge is 0.00411 e. The van der Waals surface area contributed by atoms with E-state index in [9.17, 15) is 0 Å². The van der Waals surface area contributed by atoms with Gasteiger partial charge in [-0.25, -0.2) is 0 Å². The Bertz CT molecular complexity index is 459. The maximum Gasteiger partial charge on any atom is -0.00411 e. The van der Waals surface area contributed by atoms with Gasteiger partial charge < -0.3 is 0 Å². The van der Waals surface area contributed by atoms with Crippen molar-refractivity contribution in [1.82, 2.24) is 0 Å². The highest BCUT2D eigenvalue weighted by Gasteiger charge is 2.48. The molecule has 2 saturated carbocycles. The molecule has 0 unspecified atom stereocenters. The lowest BCUT2D eigenvalue weighted by Crippen LogP contribution is -2.15. The van der Waals surface area contributed by atoms with Gasteiger partial charge in [-0.1, -0.05) is 30.3 Å². The Morgan fingerprint density at radius 3 is 2.62 bits per heavy atom. The molecule has 16 heavy (non-hydrogen) atoms. The van der Waals surface area contributed by atoms with Crippen LogP contribution in [-0.2, 0) is 6.42 Å². The average Bonchev–Trinajstić information content (AvgIpc) is 3.02. The van der Waals surface area contributed by atoms with Crippen molar-refractivity contribution < 1.29 is 0 Å². The van der Waals surface area contributed by atoms with Gasteiger partial charge in [0.25, 0.3) is 0 Å². The van der Waals surface area contributed by atoms with Gasteiger partial charge in [0, 0.05) is 0 Å². The molecule has 0 spiro atoms. The van der Waals surface area contributed by atoms with Gasteiger partial charge in [-0.05, 0) is 66.6 Å². The summed E-state index contributed by atoms with van der Waals surface area (Å²) in [7, 11) is 0. The quantitative estimate of drug-likeness (QED) is 0.651. The van der Waals surface area contributed by atoms with Crippen molar-refractivity contribution in [2.45, 2.75) is 38.5 Å². The van der Waals surface area contributed by atoms with Gasteiger partial charge in [0.05, 0.1) is 0 Å². The van der Waals surface area contributed by atoms with Crippen molar-refractivity contribution >= 4 is 5.57 Å². The molecular formula is C16H18. The summed E-state index contributed by atoms with van der Waals surface area (Å²) in [6.07, 6.45) is 11.1. The van der Waals surface area contributed by atoms with Crippen LogP contribution in [-0.4, -0.2) is 0 Å². The summed E-state index contributed by atoms with van der Waals surface area (Å²) in [6.45, 7) is 0. The normalized spacial score (nSPS) is 35.2. The van der Waals surface area contributed by atoms with Gasteiger partial charge in [-0.3, -0.25) is 0 Å². The van der Waals surface area contributed by atoms with E-state index < -0.39 is 0 Å².